The summed E-state index contributed by atoms with van der Waals surface area (Å²) in [6, 6.07) is 8.02. The molecular weight excluding hydrogens is 382 g/mol. The number of benzene rings is 1. The van der Waals surface area contributed by atoms with Gasteiger partial charge < -0.3 is 4.74 Å². The van der Waals surface area contributed by atoms with Gasteiger partial charge in [0.1, 0.15) is 0 Å². The highest BCUT2D eigenvalue weighted by Gasteiger charge is 2.36. The Morgan fingerprint density at radius 2 is 1.85 bits per heavy atom. The van der Waals surface area contributed by atoms with Crippen LogP contribution in [0.25, 0.3) is 0 Å². The first-order chi connectivity index (χ1) is 12.2. The lowest BCUT2D eigenvalue weighted by Crippen LogP contribution is -2.29. The summed E-state index contributed by atoms with van der Waals surface area (Å²) in [6.07, 6.45) is 1.22. The van der Waals surface area contributed by atoms with Crippen molar-refractivity contribution in [1.29, 1.82) is 0 Å². The van der Waals surface area contributed by atoms with Gasteiger partial charge in [-0.1, -0.05) is 0 Å². The van der Waals surface area contributed by atoms with Gasteiger partial charge in [0, 0.05) is 12.5 Å². The average Bonchev–Trinajstić information content (AvgIpc) is 2.88. The molecule has 1 aromatic carbocycles. The first-order valence-corrected chi connectivity index (χ1v) is 10.5. The van der Waals surface area contributed by atoms with E-state index in [1.165, 1.54) is 49.7 Å². The van der Waals surface area contributed by atoms with Crippen LogP contribution in [0.1, 0.15) is 6.42 Å². The Bertz CT molecular complexity index is 1030. The van der Waals surface area contributed by atoms with E-state index in [1.54, 1.807) is 0 Å². The van der Waals surface area contributed by atoms with Gasteiger partial charge in [0.15, 0.2) is 0 Å². The van der Waals surface area contributed by atoms with Crippen molar-refractivity contribution in [3.63, 3.8) is 0 Å². The molecular formula is C15H15N3O6S2. The zero-order valence-electron chi connectivity index (χ0n) is 13.6. The number of amides is 1. The molecule has 0 unspecified atom stereocenters. The van der Waals surface area contributed by atoms with Gasteiger partial charge in [0.25, 0.3) is 10.0 Å². The minimum absolute atomic E-state index is 0.0823. The van der Waals surface area contributed by atoms with Crippen LogP contribution in [0.3, 0.4) is 0 Å². The molecule has 0 radical (unpaired) electrons. The van der Waals surface area contributed by atoms with Gasteiger partial charge in [-0.2, -0.15) is 0 Å². The standard InChI is InChI=1S/C15H15N3O6S2/c1-24-14-7-2-11(10-16-14)17-26(22,23)13-5-3-12(4-6-13)18-15(19)8-9-25(18,20)21/h2-7,10,17H,8-9H2,1H3. The molecule has 0 atom stereocenters. The van der Waals surface area contributed by atoms with E-state index in [2.05, 4.69) is 9.71 Å². The molecule has 1 aliphatic heterocycles. The maximum atomic E-state index is 12.4. The van der Waals surface area contributed by atoms with Crippen LogP contribution in [0.5, 0.6) is 5.88 Å². The van der Waals surface area contributed by atoms with Gasteiger partial charge >= 0.3 is 0 Å². The van der Waals surface area contributed by atoms with E-state index in [0.717, 1.165) is 0 Å². The Labute approximate surface area is 150 Å². The van der Waals surface area contributed by atoms with Gasteiger partial charge in [-0.15, -0.1) is 0 Å². The number of methoxy groups -OCH3 is 1. The predicted molar refractivity (Wildman–Crippen MR) is 93.9 cm³/mol. The highest BCUT2D eigenvalue weighted by Crippen LogP contribution is 2.26. The van der Waals surface area contributed by atoms with Crippen LogP contribution in [-0.4, -0.2) is 40.6 Å². The Morgan fingerprint density at radius 1 is 1.15 bits per heavy atom. The fraction of sp³-hybridized carbons (Fsp3) is 0.200. The van der Waals surface area contributed by atoms with E-state index in [-0.39, 0.29) is 28.4 Å². The number of carbonyl (C=O) groups is 1. The van der Waals surface area contributed by atoms with Crippen LogP contribution in [0.15, 0.2) is 47.5 Å². The minimum atomic E-state index is -3.90. The molecule has 1 aliphatic rings. The van der Waals surface area contributed by atoms with Gasteiger partial charge in [-0.25, -0.2) is 26.1 Å². The van der Waals surface area contributed by atoms with Crippen LogP contribution in [0.4, 0.5) is 11.4 Å². The fourth-order valence-corrected chi connectivity index (χ4v) is 4.91. The molecule has 0 aliphatic carbocycles. The first kappa shape index (κ1) is 18.1. The second kappa shape index (κ2) is 6.57. The van der Waals surface area contributed by atoms with Crippen LogP contribution in [-0.2, 0) is 24.8 Å². The molecule has 1 amide bonds. The van der Waals surface area contributed by atoms with Crippen molar-refractivity contribution in [2.75, 3.05) is 21.9 Å². The number of pyridine rings is 1. The molecule has 1 N–H and O–H groups in total. The molecule has 26 heavy (non-hydrogen) atoms. The molecule has 1 aromatic heterocycles. The summed E-state index contributed by atoms with van der Waals surface area (Å²) < 4.78 is 56.6. The molecule has 2 aromatic rings. The van der Waals surface area contributed by atoms with Gasteiger partial charge in [-0.3, -0.25) is 9.52 Å². The molecule has 1 saturated heterocycles. The smallest absolute Gasteiger partial charge is 0.261 e. The van der Waals surface area contributed by atoms with Gasteiger partial charge in [0.2, 0.25) is 21.8 Å². The summed E-state index contributed by atoms with van der Waals surface area (Å²) >= 11 is 0. The van der Waals surface area contributed by atoms with Crippen LogP contribution < -0.4 is 13.8 Å². The van der Waals surface area contributed by atoms with Crippen LogP contribution >= 0.6 is 0 Å². The van der Waals surface area contributed by atoms with Crippen LogP contribution in [0.2, 0.25) is 0 Å². The third-order valence-corrected chi connectivity index (χ3v) is 6.75. The maximum absolute atomic E-state index is 12.4. The monoisotopic (exact) mass is 397 g/mol. The van der Waals surface area contributed by atoms with Crippen LogP contribution in [0, 0.1) is 0 Å². The SMILES string of the molecule is COc1ccc(NS(=O)(=O)c2ccc(N3C(=O)CCS3(=O)=O)cc2)cn1. The van der Waals surface area contributed by atoms with Crippen molar-refractivity contribution in [3.8, 4) is 5.88 Å². The molecule has 0 bridgehead atoms. The number of sulfonamides is 2. The lowest BCUT2D eigenvalue weighted by Gasteiger charge is -2.15. The largest absolute Gasteiger partial charge is 0.481 e. The Morgan fingerprint density at radius 3 is 2.35 bits per heavy atom. The Hall–Kier alpha value is -2.66. The number of rotatable bonds is 5. The number of anilines is 2. The zero-order chi connectivity index (χ0) is 18.9. The first-order valence-electron chi connectivity index (χ1n) is 7.42. The third-order valence-electron chi connectivity index (χ3n) is 3.66. The van der Waals surface area contributed by atoms with E-state index >= 15 is 0 Å². The normalized spacial score (nSPS) is 16.5. The molecule has 138 valence electrons. The van der Waals surface area contributed by atoms with Crippen molar-refractivity contribution >= 4 is 37.3 Å². The van der Waals surface area contributed by atoms with E-state index in [4.69, 9.17) is 4.74 Å². The number of aromatic nitrogens is 1. The van der Waals surface area contributed by atoms with E-state index < -0.39 is 26.0 Å². The summed E-state index contributed by atoms with van der Waals surface area (Å²) in [5.41, 5.74) is 0.352. The highest BCUT2D eigenvalue weighted by atomic mass is 32.2. The van der Waals surface area contributed by atoms with Crippen molar-refractivity contribution in [2.45, 2.75) is 11.3 Å². The number of ether oxygens (including phenoxy) is 1. The highest BCUT2D eigenvalue weighted by molar-refractivity contribution is 7.94. The number of hydrogen-bond acceptors (Lipinski definition) is 7. The minimum Gasteiger partial charge on any atom is -0.481 e. The second-order valence-corrected chi connectivity index (χ2v) is 9.03. The predicted octanol–water partition coefficient (Wildman–Crippen LogP) is 0.957. The summed E-state index contributed by atoms with van der Waals surface area (Å²) in [5.74, 6) is -0.449. The van der Waals surface area contributed by atoms with E-state index in [9.17, 15) is 21.6 Å². The van der Waals surface area contributed by atoms with Crippen molar-refractivity contribution in [1.82, 2.24) is 4.98 Å². The average molecular weight is 397 g/mol. The van der Waals surface area contributed by atoms with Crippen molar-refractivity contribution < 1.29 is 26.4 Å². The number of hydrogen-bond donors (Lipinski definition) is 1. The molecule has 0 saturated carbocycles. The molecule has 0 spiro atoms. The van der Waals surface area contributed by atoms with E-state index in [1.807, 2.05) is 0 Å². The Kier molecular flexibility index (Phi) is 4.59. The molecule has 1 fully saturated rings. The number of nitrogens with zero attached hydrogens (tertiary/aromatic N) is 2. The molecule has 11 heteroatoms. The molecule has 9 nitrogen and oxygen atoms in total. The lowest BCUT2D eigenvalue weighted by molar-refractivity contribution is -0.116. The topological polar surface area (TPSA) is 123 Å². The Balaban J connectivity index is 1.84. The summed E-state index contributed by atoms with van der Waals surface area (Å²) in [5, 5.41) is 0. The van der Waals surface area contributed by atoms with Gasteiger partial charge in [0.05, 0.1) is 35.3 Å². The summed E-state index contributed by atoms with van der Waals surface area (Å²) in [4.78, 5) is 15.6. The molecule has 2 heterocycles. The quantitative estimate of drug-likeness (QED) is 0.797. The summed E-state index contributed by atoms with van der Waals surface area (Å²) in [7, 11) is -6.15. The van der Waals surface area contributed by atoms with Gasteiger partial charge in [-0.05, 0) is 30.3 Å². The van der Waals surface area contributed by atoms with Crippen molar-refractivity contribution in [3.05, 3.63) is 42.6 Å². The lowest BCUT2D eigenvalue weighted by atomic mass is 10.3. The number of nitrogens with one attached hydrogen (secondary N) is 1. The van der Waals surface area contributed by atoms with E-state index in [0.29, 0.717) is 10.2 Å². The zero-order valence-corrected chi connectivity index (χ0v) is 15.2. The third kappa shape index (κ3) is 3.48. The fourth-order valence-electron chi connectivity index (χ4n) is 2.41. The summed E-state index contributed by atoms with van der Waals surface area (Å²) in [6.45, 7) is 0. The molecule has 3 rings (SSSR count). The second-order valence-electron chi connectivity index (χ2n) is 5.41. The maximum Gasteiger partial charge on any atom is 0.261 e. The number of carbonyl (C=O) groups excluding carboxylic acids is 1. The van der Waals surface area contributed by atoms with Crippen molar-refractivity contribution in [2.24, 2.45) is 0 Å².